The van der Waals surface area contributed by atoms with Gasteiger partial charge in [0.15, 0.2) is 5.78 Å². The molecule has 0 aliphatic heterocycles. The Labute approximate surface area is 138 Å². The molecule has 2 heterocycles. The number of ketones is 1. The van der Waals surface area contributed by atoms with E-state index < -0.39 is 0 Å². The van der Waals surface area contributed by atoms with Gasteiger partial charge in [-0.15, -0.1) is 22.7 Å². The topological polar surface area (TPSA) is 49.9 Å². The number of hydrogen-bond donors (Lipinski definition) is 1. The van der Waals surface area contributed by atoms with Crippen LogP contribution >= 0.6 is 34.3 Å². The number of thiophene rings is 1. The Balaban J connectivity index is 1.97. The number of rotatable bonds is 3. The van der Waals surface area contributed by atoms with Gasteiger partial charge in [0, 0.05) is 21.5 Å². The van der Waals surface area contributed by atoms with Crippen molar-refractivity contribution < 1.29 is 4.79 Å². The van der Waals surface area contributed by atoms with E-state index >= 15 is 0 Å². The summed E-state index contributed by atoms with van der Waals surface area (Å²) >= 11 is 8.62. The van der Waals surface area contributed by atoms with E-state index in [2.05, 4.69) is 4.98 Å². The fourth-order valence-corrected chi connectivity index (χ4v) is 3.58. The number of carbonyl (C=O) groups is 1. The van der Waals surface area contributed by atoms with Crippen LogP contribution in [0.15, 0.2) is 46.6 Å². The summed E-state index contributed by atoms with van der Waals surface area (Å²) < 4.78 is 1.12. The molecule has 0 atom stereocenters. The van der Waals surface area contributed by atoms with Crippen molar-refractivity contribution in [3.63, 3.8) is 0 Å². The molecule has 0 aliphatic rings. The highest BCUT2D eigenvalue weighted by Crippen LogP contribution is 2.10. The Morgan fingerprint density at radius 3 is 2.64 bits per heavy atom. The largest absolute Gasteiger partial charge is 0.313 e. The third-order valence-corrected chi connectivity index (χ3v) is 4.92. The second-order valence-corrected chi connectivity index (χ2v) is 6.96. The first-order valence-electron chi connectivity index (χ1n) is 6.38. The Bertz CT molecular complexity index is 967. The van der Waals surface area contributed by atoms with Gasteiger partial charge in [0.1, 0.15) is 0 Å². The summed E-state index contributed by atoms with van der Waals surface area (Å²) in [5.74, 6) is -0.170. The molecule has 0 bridgehead atoms. The molecule has 110 valence electrons. The van der Waals surface area contributed by atoms with Crippen LogP contribution in [0.1, 0.15) is 15.2 Å². The van der Waals surface area contributed by atoms with Gasteiger partial charge >= 0.3 is 0 Å². The third kappa shape index (κ3) is 3.44. The van der Waals surface area contributed by atoms with E-state index in [0.29, 0.717) is 19.8 Å². The van der Waals surface area contributed by atoms with E-state index in [-0.39, 0.29) is 11.3 Å². The van der Waals surface area contributed by atoms with Gasteiger partial charge in [0.2, 0.25) is 0 Å². The average Bonchev–Trinajstić information content (AvgIpc) is 3.11. The van der Waals surface area contributed by atoms with Crippen LogP contribution in [0.4, 0.5) is 0 Å². The minimum atomic E-state index is -0.187. The zero-order valence-electron chi connectivity index (χ0n) is 11.2. The fraction of sp³-hybridized carbons (Fsp3) is 0. The van der Waals surface area contributed by atoms with Crippen LogP contribution in [0.5, 0.6) is 0 Å². The Hall–Kier alpha value is -1.95. The molecule has 0 amide bonds. The Morgan fingerprint density at radius 1 is 1.18 bits per heavy atom. The van der Waals surface area contributed by atoms with Crippen LogP contribution in [-0.2, 0) is 0 Å². The minimum absolute atomic E-state index is 0.170. The standard InChI is InChI=1S/C16H10ClNO2S2/c17-11-5-3-10(4-6-11)13(19)9-15-18-16(20)14(22-15)8-12-2-1-7-21-12/h1-9H,(H,18,20). The highest BCUT2D eigenvalue weighted by molar-refractivity contribution is 7.11. The number of aromatic amines is 1. The van der Waals surface area contributed by atoms with Gasteiger partial charge in [0.05, 0.1) is 9.20 Å². The molecule has 1 aromatic carbocycles. The van der Waals surface area contributed by atoms with E-state index in [1.54, 1.807) is 35.6 Å². The number of carbonyl (C=O) groups excluding carboxylic acids is 1. The molecule has 0 fully saturated rings. The highest BCUT2D eigenvalue weighted by Gasteiger charge is 2.03. The van der Waals surface area contributed by atoms with Crippen molar-refractivity contribution in [1.82, 2.24) is 4.98 Å². The lowest BCUT2D eigenvalue weighted by atomic mass is 10.1. The Kier molecular flexibility index (Phi) is 4.38. The number of thiazole rings is 1. The molecule has 2 aromatic heterocycles. The van der Waals surface area contributed by atoms with Crippen LogP contribution in [0.25, 0.3) is 12.2 Å². The fourth-order valence-electron chi connectivity index (χ4n) is 1.84. The van der Waals surface area contributed by atoms with Crippen molar-refractivity contribution in [3.8, 4) is 0 Å². The maximum Gasteiger partial charge on any atom is 0.266 e. The number of nitrogens with one attached hydrogen (secondary N) is 1. The molecule has 0 aliphatic carbocycles. The lowest BCUT2D eigenvalue weighted by molar-refractivity contribution is 0.106. The lowest BCUT2D eigenvalue weighted by Crippen LogP contribution is -2.19. The minimum Gasteiger partial charge on any atom is -0.313 e. The van der Waals surface area contributed by atoms with E-state index in [9.17, 15) is 9.59 Å². The maximum absolute atomic E-state index is 12.1. The van der Waals surface area contributed by atoms with E-state index in [1.165, 1.54) is 17.4 Å². The molecule has 3 rings (SSSR count). The summed E-state index contributed by atoms with van der Waals surface area (Å²) in [6.07, 6.45) is 3.25. The molecule has 1 N–H and O–H groups in total. The van der Waals surface area contributed by atoms with Gasteiger partial charge in [-0.25, -0.2) is 0 Å². The molecule has 0 unspecified atom stereocenters. The van der Waals surface area contributed by atoms with Gasteiger partial charge in [0.25, 0.3) is 5.56 Å². The predicted molar refractivity (Wildman–Crippen MR) is 92.3 cm³/mol. The summed E-state index contributed by atoms with van der Waals surface area (Å²) in [4.78, 5) is 27.8. The molecule has 0 saturated heterocycles. The summed E-state index contributed by atoms with van der Waals surface area (Å²) in [5, 5.41) is 2.53. The van der Waals surface area contributed by atoms with Gasteiger partial charge in [-0.1, -0.05) is 17.7 Å². The molecule has 0 spiro atoms. The lowest BCUT2D eigenvalue weighted by Gasteiger charge is -1.94. The number of halogens is 1. The smallest absolute Gasteiger partial charge is 0.266 e. The van der Waals surface area contributed by atoms with Gasteiger partial charge in [-0.05, 0) is 41.8 Å². The number of H-pyrrole nitrogens is 1. The second-order valence-electron chi connectivity index (χ2n) is 4.46. The highest BCUT2D eigenvalue weighted by atomic mass is 35.5. The number of hydrogen-bond acceptors (Lipinski definition) is 4. The SMILES string of the molecule is O=C(C=c1[nH]c(=O)c(=Cc2cccs2)s1)c1ccc(Cl)cc1. The zero-order valence-corrected chi connectivity index (χ0v) is 13.6. The maximum atomic E-state index is 12.1. The monoisotopic (exact) mass is 347 g/mol. The van der Waals surface area contributed by atoms with Crippen LogP contribution in [-0.4, -0.2) is 10.8 Å². The quantitative estimate of drug-likeness (QED) is 0.740. The first-order chi connectivity index (χ1) is 10.6. The molecule has 3 aromatic rings. The molecule has 0 radical (unpaired) electrons. The summed E-state index contributed by atoms with van der Waals surface area (Å²) in [7, 11) is 0. The molecule has 6 heteroatoms. The van der Waals surface area contributed by atoms with Gasteiger partial charge in [-0.2, -0.15) is 0 Å². The second kappa shape index (κ2) is 6.44. The van der Waals surface area contributed by atoms with E-state index in [4.69, 9.17) is 11.6 Å². The first-order valence-corrected chi connectivity index (χ1v) is 8.45. The molecular formula is C16H10ClNO2S2. The van der Waals surface area contributed by atoms with Crippen molar-refractivity contribution in [2.24, 2.45) is 0 Å². The first kappa shape index (κ1) is 15.0. The van der Waals surface area contributed by atoms with Gasteiger partial charge in [-0.3, -0.25) is 9.59 Å². The molecule has 22 heavy (non-hydrogen) atoms. The summed E-state index contributed by atoms with van der Waals surface area (Å²) in [6, 6.07) is 10.5. The van der Waals surface area contributed by atoms with Crippen LogP contribution < -0.4 is 14.8 Å². The Morgan fingerprint density at radius 2 is 1.95 bits per heavy atom. The van der Waals surface area contributed by atoms with Crippen molar-refractivity contribution >= 4 is 52.2 Å². The predicted octanol–water partition coefficient (Wildman–Crippen LogP) is 2.64. The zero-order chi connectivity index (χ0) is 15.5. The molecule has 0 saturated carbocycles. The molecule has 3 nitrogen and oxygen atoms in total. The van der Waals surface area contributed by atoms with Crippen molar-refractivity contribution in [2.75, 3.05) is 0 Å². The van der Waals surface area contributed by atoms with E-state index in [0.717, 1.165) is 4.88 Å². The molecular weight excluding hydrogens is 338 g/mol. The van der Waals surface area contributed by atoms with E-state index in [1.807, 2.05) is 23.6 Å². The summed E-state index contributed by atoms with van der Waals surface area (Å²) in [6.45, 7) is 0. The summed E-state index contributed by atoms with van der Waals surface area (Å²) in [5.41, 5.74) is 0.344. The number of Topliss-reactive ketones (excluding diaryl/α,β-unsaturated/α-hetero) is 1. The van der Waals surface area contributed by atoms with Crippen LogP contribution in [0.2, 0.25) is 5.02 Å². The third-order valence-electron chi connectivity index (χ3n) is 2.89. The van der Waals surface area contributed by atoms with Crippen LogP contribution in [0.3, 0.4) is 0 Å². The average molecular weight is 348 g/mol. The van der Waals surface area contributed by atoms with Crippen LogP contribution in [0, 0.1) is 0 Å². The number of aromatic nitrogens is 1. The number of benzene rings is 1. The van der Waals surface area contributed by atoms with Crippen molar-refractivity contribution in [1.29, 1.82) is 0 Å². The van der Waals surface area contributed by atoms with Crippen molar-refractivity contribution in [2.45, 2.75) is 0 Å². The van der Waals surface area contributed by atoms with Gasteiger partial charge < -0.3 is 4.98 Å². The normalized spacial score (nSPS) is 12.8. The van der Waals surface area contributed by atoms with Crippen molar-refractivity contribution in [3.05, 3.63) is 76.8 Å².